The Bertz CT molecular complexity index is 1130. The van der Waals surface area contributed by atoms with Crippen molar-refractivity contribution in [2.75, 3.05) is 22.9 Å². The Hall–Kier alpha value is -2.78. The number of aromatic nitrogens is 1. The summed E-state index contributed by atoms with van der Waals surface area (Å²) in [4.78, 5) is 16.6. The maximum Gasteiger partial charge on any atom is 0.257 e. The lowest BCUT2D eigenvalue weighted by atomic mass is 10.1. The molecule has 6 nitrogen and oxygen atoms in total. The van der Waals surface area contributed by atoms with Crippen LogP contribution in [-0.4, -0.2) is 32.6 Å². The molecule has 28 heavy (non-hydrogen) atoms. The first kappa shape index (κ1) is 20.0. The molecule has 0 bridgehead atoms. The lowest BCUT2D eigenvalue weighted by Crippen LogP contribution is -2.24. The number of rotatable bonds is 5. The van der Waals surface area contributed by atoms with Crippen molar-refractivity contribution in [3.05, 3.63) is 64.8 Å². The number of nitrogens with one attached hydrogen (secondary N) is 1. The third-order valence-corrected chi connectivity index (χ3v) is 6.15. The van der Waals surface area contributed by atoms with Crippen molar-refractivity contribution in [3.8, 4) is 11.3 Å². The van der Waals surface area contributed by atoms with Crippen molar-refractivity contribution in [1.29, 1.82) is 0 Å². The van der Waals surface area contributed by atoms with Crippen molar-refractivity contribution in [3.63, 3.8) is 0 Å². The van der Waals surface area contributed by atoms with E-state index in [1.54, 1.807) is 48.7 Å². The molecule has 0 aliphatic rings. The number of hydrogen-bond acceptors (Lipinski definition) is 5. The van der Waals surface area contributed by atoms with E-state index in [1.807, 2.05) is 0 Å². The second-order valence-corrected chi connectivity index (χ2v) is 9.11. The molecule has 1 amide bonds. The van der Waals surface area contributed by atoms with Crippen LogP contribution in [0.4, 0.5) is 15.2 Å². The van der Waals surface area contributed by atoms with Gasteiger partial charge in [0.1, 0.15) is 5.82 Å². The molecule has 0 fully saturated rings. The molecule has 0 saturated heterocycles. The van der Waals surface area contributed by atoms with E-state index in [-0.39, 0.29) is 5.56 Å². The second-order valence-electron chi connectivity index (χ2n) is 6.23. The number of nitrogens with zero attached hydrogens (tertiary/aromatic N) is 2. The molecule has 0 aliphatic carbocycles. The van der Waals surface area contributed by atoms with E-state index in [1.165, 1.54) is 28.8 Å². The molecule has 9 heteroatoms. The predicted octanol–water partition coefficient (Wildman–Crippen LogP) is 3.91. The van der Waals surface area contributed by atoms with Crippen LogP contribution in [0.1, 0.15) is 15.9 Å². The standard InChI is InChI=1S/C19H18FN3O3S2/c1-12-4-5-14(10-16(12)20)18(24)22-19-21-17(11-27-19)13-6-8-15(9-7-13)23(2)28(3,25)26/h4-11H,1-3H3,(H,21,22,24). The van der Waals surface area contributed by atoms with Gasteiger partial charge in [0.05, 0.1) is 17.6 Å². The van der Waals surface area contributed by atoms with Crippen LogP contribution >= 0.6 is 11.3 Å². The highest BCUT2D eigenvalue weighted by Crippen LogP contribution is 2.27. The minimum Gasteiger partial charge on any atom is -0.298 e. The lowest BCUT2D eigenvalue weighted by Gasteiger charge is -2.16. The van der Waals surface area contributed by atoms with Crippen LogP contribution in [0.25, 0.3) is 11.3 Å². The van der Waals surface area contributed by atoms with Crippen LogP contribution in [0.5, 0.6) is 0 Å². The molecule has 0 atom stereocenters. The summed E-state index contributed by atoms with van der Waals surface area (Å²) in [6, 6.07) is 11.2. The zero-order valence-electron chi connectivity index (χ0n) is 15.4. The minimum absolute atomic E-state index is 0.216. The smallest absolute Gasteiger partial charge is 0.257 e. The number of sulfonamides is 1. The third-order valence-electron chi connectivity index (χ3n) is 4.18. The van der Waals surface area contributed by atoms with Gasteiger partial charge in [-0.3, -0.25) is 14.4 Å². The predicted molar refractivity (Wildman–Crippen MR) is 110 cm³/mol. The minimum atomic E-state index is -3.33. The summed E-state index contributed by atoms with van der Waals surface area (Å²) in [6.07, 6.45) is 1.14. The fourth-order valence-electron chi connectivity index (χ4n) is 2.40. The summed E-state index contributed by atoms with van der Waals surface area (Å²) < 4.78 is 38.0. The Kier molecular flexibility index (Phi) is 5.48. The summed E-state index contributed by atoms with van der Waals surface area (Å²) in [5.74, 6) is -0.878. The number of benzene rings is 2. The summed E-state index contributed by atoms with van der Waals surface area (Å²) in [7, 11) is -1.85. The maximum absolute atomic E-state index is 13.6. The van der Waals surface area contributed by atoms with Crippen LogP contribution in [0.2, 0.25) is 0 Å². The van der Waals surface area contributed by atoms with Crippen LogP contribution in [0.15, 0.2) is 47.8 Å². The highest BCUT2D eigenvalue weighted by Gasteiger charge is 2.14. The molecule has 0 spiro atoms. The Morgan fingerprint density at radius 1 is 1.18 bits per heavy atom. The van der Waals surface area contributed by atoms with E-state index < -0.39 is 21.7 Å². The molecule has 1 N–H and O–H groups in total. The number of halogens is 1. The zero-order chi connectivity index (χ0) is 20.5. The van der Waals surface area contributed by atoms with Crippen LogP contribution in [0, 0.1) is 12.7 Å². The van der Waals surface area contributed by atoms with Gasteiger partial charge in [0.2, 0.25) is 10.0 Å². The number of aryl methyl sites for hydroxylation is 1. The molecular formula is C19H18FN3O3S2. The van der Waals surface area contributed by atoms with Gasteiger partial charge in [0, 0.05) is 23.6 Å². The SMILES string of the molecule is Cc1ccc(C(=O)Nc2nc(-c3ccc(N(C)S(C)(=O)=O)cc3)cs2)cc1F. The van der Waals surface area contributed by atoms with Gasteiger partial charge in [-0.2, -0.15) is 0 Å². The van der Waals surface area contributed by atoms with Gasteiger partial charge < -0.3 is 0 Å². The van der Waals surface area contributed by atoms with Gasteiger partial charge >= 0.3 is 0 Å². The third kappa shape index (κ3) is 4.37. The highest BCUT2D eigenvalue weighted by molar-refractivity contribution is 7.92. The number of carbonyl (C=O) groups is 1. The Morgan fingerprint density at radius 3 is 2.46 bits per heavy atom. The van der Waals surface area contributed by atoms with Crippen molar-refractivity contribution in [1.82, 2.24) is 4.98 Å². The van der Waals surface area contributed by atoms with Crippen molar-refractivity contribution >= 4 is 38.1 Å². The van der Waals surface area contributed by atoms with Crippen molar-refractivity contribution in [2.24, 2.45) is 0 Å². The van der Waals surface area contributed by atoms with E-state index in [2.05, 4.69) is 10.3 Å². The van der Waals surface area contributed by atoms with Crippen LogP contribution < -0.4 is 9.62 Å². The lowest BCUT2D eigenvalue weighted by molar-refractivity contribution is 0.102. The van der Waals surface area contributed by atoms with E-state index in [9.17, 15) is 17.6 Å². The summed E-state index contributed by atoms with van der Waals surface area (Å²) >= 11 is 1.25. The fourth-order valence-corrected chi connectivity index (χ4v) is 3.62. The monoisotopic (exact) mass is 419 g/mol. The summed E-state index contributed by atoms with van der Waals surface area (Å²) in [5.41, 5.74) is 2.65. The molecular weight excluding hydrogens is 401 g/mol. The normalized spacial score (nSPS) is 11.3. The Morgan fingerprint density at radius 2 is 1.86 bits per heavy atom. The Balaban J connectivity index is 1.75. The van der Waals surface area contributed by atoms with E-state index >= 15 is 0 Å². The number of hydrogen-bond donors (Lipinski definition) is 1. The largest absolute Gasteiger partial charge is 0.298 e. The van der Waals surface area contributed by atoms with E-state index in [0.717, 1.165) is 11.8 Å². The van der Waals surface area contributed by atoms with Gasteiger partial charge in [-0.05, 0) is 36.8 Å². The van der Waals surface area contributed by atoms with E-state index in [0.29, 0.717) is 22.1 Å². The first-order valence-electron chi connectivity index (χ1n) is 8.22. The average Bonchev–Trinajstić information content (AvgIpc) is 3.11. The van der Waals surface area contributed by atoms with Crippen molar-refractivity contribution < 1.29 is 17.6 Å². The average molecular weight is 420 g/mol. The van der Waals surface area contributed by atoms with Crippen LogP contribution in [-0.2, 0) is 10.0 Å². The number of amides is 1. The molecule has 0 saturated carbocycles. The molecule has 3 aromatic rings. The molecule has 146 valence electrons. The molecule has 3 rings (SSSR count). The number of carbonyl (C=O) groups excluding carboxylic acids is 1. The van der Waals surface area contributed by atoms with E-state index in [4.69, 9.17) is 0 Å². The molecule has 0 aliphatic heterocycles. The van der Waals surface area contributed by atoms with Gasteiger partial charge in [-0.25, -0.2) is 17.8 Å². The first-order valence-corrected chi connectivity index (χ1v) is 11.0. The van der Waals surface area contributed by atoms with Crippen molar-refractivity contribution in [2.45, 2.75) is 6.92 Å². The van der Waals surface area contributed by atoms with Crippen LogP contribution in [0.3, 0.4) is 0 Å². The van der Waals surface area contributed by atoms with Gasteiger partial charge in [0.25, 0.3) is 5.91 Å². The summed E-state index contributed by atoms with van der Waals surface area (Å²) in [5, 5.41) is 4.82. The summed E-state index contributed by atoms with van der Waals surface area (Å²) in [6.45, 7) is 1.63. The fraction of sp³-hybridized carbons (Fsp3) is 0.158. The highest BCUT2D eigenvalue weighted by atomic mass is 32.2. The molecule has 0 unspecified atom stereocenters. The topological polar surface area (TPSA) is 79.4 Å². The first-order chi connectivity index (χ1) is 13.1. The molecule has 1 heterocycles. The van der Waals surface area contributed by atoms with Gasteiger partial charge in [-0.1, -0.05) is 18.2 Å². The Labute approximate surface area is 166 Å². The van der Waals surface area contributed by atoms with Gasteiger partial charge in [-0.15, -0.1) is 11.3 Å². The maximum atomic E-state index is 13.6. The number of anilines is 2. The number of thiazole rings is 1. The molecule has 2 aromatic carbocycles. The van der Waals surface area contributed by atoms with Gasteiger partial charge in [0.15, 0.2) is 5.13 Å². The molecule has 1 aromatic heterocycles. The second kappa shape index (κ2) is 7.69. The molecule has 0 radical (unpaired) electrons. The zero-order valence-corrected chi connectivity index (χ0v) is 17.1. The quantitative estimate of drug-likeness (QED) is 0.680.